The number of rotatable bonds is 5. The van der Waals surface area contributed by atoms with E-state index in [-0.39, 0.29) is 0 Å². The fourth-order valence-corrected chi connectivity index (χ4v) is 1.56. The van der Waals surface area contributed by atoms with Gasteiger partial charge >= 0.3 is 0 Å². The van der Waals surface area contributed by atoms with Crippen LogP contribution >= 0.6 is 0 Å². The van der Waals surface area contributed by atoms with E-state index >= 15 is 0 Å². The fraction of sp³-hybridized carbons (Fsp3) is 0.583. The highest BCUT2D eigenvalue weighted by molar-refractivity contribution is 5.46. The van der Waals surface area contributed by atoms with Gasteiger partial charge in [-0.15, -0.1) is 0 Å². The summed E-state index contributed by atoms with van der Waals surface area (Å²) in [7, 11) is 4.07. The largest absolute Gasteiger partial charge is 0.357 e. The second kappa shape index (κ2) is 5.71. The maximum Gasteiger partial charge on any atom is 0.132 e. The smallest absolute Gasteiger partial charge is 0.132 e. The predicted octanol–water partition coefficient (Wildman–Crippen LogP) is 2.04. The molecule has 0 spiro atoms. The van der Waals surface area contributed by atoms with E-state index in [0.717, 1.165) is 18.8 Å². The van der Waals surface area contributed by atoms with Crippen molar-refractivity contribution in [2.75, 3.05) is 19.0 Å². The molecule has 3 heteroatoms. The summed E-state index contributed by atoms with van der Waals surface area (Å²) in [6, 6.07) is 4.63. The van der Waals surface area contributed by atoms with E-state index in [4.69, 9.17) is 0 Å². The van der Waals surface area contributed by atoms with Crippen LogP contribution in [-0.2, 0) is 6.54 Å². The van der Waals surface area contributed by atoms with Crippen LogP contribution in [-0.4, -0.2) is 25.1 Å². The Kier molecular flexibility index (Phi) is 4.56. The van der Waals surface area contributed by atoms with Crippen molar-refractivity contribution in [2.45, 2.75) is 32.9 Å². The Labute approximate surface area is 92.5 Å². The van der Waals surface area contributed by atoms with Gasteiger partial charge in [0.2, 0.25) is 0 Å². The van der Waals surface area contributed by atoms with E-state index in [2.05, 4.69) is 42.2 Å². The standard InChI is InChI=1S/C12H21N3/c1-5-10(2)15(4)12-11(9-13-3)7-6-8-14-12/h6-8,10,13H,5,9H2,1-4H3. The van der Waals surface area contributed by atoms with Gasteiger partial charge in [-0.1, -0.05) is 13.0 Å². The van der Waals surface area contributed by atoms with Gasteiger partial charge in [0, 0.05) is 31.4 Å². The van der Waals surface area contributed by atoms with E-state index in [1.165, 1.54) is 5.56 Å². The summed E-state index contributed by atoms with van der Waals surface area (Å²) in [6.07, 6.45) is 2.99. The number of anilines is 1. The Morgan fingerprint density at radius 1 is 1.53 bits per heavy atom. The quantitative estimate of drug-likeness (QED) is 0.801. The molecule has 0 aliphatic carbocycles. The maximum absolute atomic E-state index is 4.45. The lowest BCUT2D eigenvalue weighted by molar-refractivity contribution is 0.651. The topological polar surface area (TPSA) is 28.2 Å². The van der Waals surface area contributed by atoms with Gasteiger partial charge in [0.1, 0.15) is 5.82 Å². The van der Waals surface area contributed by atoms with E-state index < -0.39 is 0 Å². The zero-order valence-electron chi connectivity index (χ0n) is 10.1. The van der Waals surface area contributed by atoms with Gasteiger partial charge in [0.15, 0.2) is 0 Å². The molecule has 0 radical (unpaired) electrons. The Hall–Kier alpha value is -1.09. The van der Waals surface area contributed by atoms with Crippen LogP contribution in [0.15, 0.2) is 18.3 Å². The first-order valence-electron chi connectivity index (χ1n) is 5.52. The van der Waals surface area contributed by atoms with Crippen LogP contribution in [0.25, 0.3) is 0 Å². The molecule has 3 nitrogen and oxygen atoms in total. The lowest BCUT2D eigenvalue weighted by Gasteiger charge is -2.26. The van der Waals surface area contributed by atoms with Crippen molar-refractivity contribution in [3.63, 3.8) is 0 Å². The van der Waals surface area contributed by atoms with Crippen LogP contribution in [0.1, 0.15) is 25.8 Å². The van der Waals surface area contributed by atoms with Gasteiger partial charge in [-0.25, -0.2) is 4.98 Å². The Morgan fingerprint density at radius 2 is 2.27 bits per heavy atom. The van der Waals surface area contributed by atoms with Crippen molar-refractivity contribution in [1.82, 2.24) is 10.3 Å². The van der Waals surface area contributed by atoms with E-state index in [1.54, 1.807) is 0 Å². The second-order valence-corrected chi connectivity index (χ2v) is 3.88. The number of nitrogens with zero attached hydrogens (tertiary/aromatic N) is 2. The average Bonchev–Trinajstić information content (AvgIpc) is 2.28. The molecule has 1 atom stereocenters. The van der Waals surface area contributed by atoms with Gasteiger partial charge in [-0.3, -0.25) is 0 Å². The Morgan fingerprint density at radius 3 is 2.87 bits per heavy atom. The molecular formula is C12H21N3. The van der Waals surface area contributed by atoms with Crippen LogP contribution in [0.2, 0.25) is 0 Å². The molecule has 0 amide bonds. The third-order valence-electron chi connectivity index (χ3n) is 2.82. The average molecular weight is 207 g/mol. The summed E-state index contributed by atoms with van der Waals surface area (Å²) in [4.78, 5) is 6.69. The zero-order chi connectivity index (χ0) is 11.3. The highest BCUT2D eigenvalue weighted by Gasteiger charge is 2.12. The first kappa shape index (κ1) is 12.0. The lowest BCUT2D eigenvalue weighted by Crippen LogP contribution is -2.30. The molecule has 1 unspecified atom stereocenters. The molecule has 0 aromatic carbocycles. The molecule has 0 aliphatic rings. The molecule has 0 saturated carbocycles. The summed E-state index contributed by atoms with van der Waals surface area (Å²) >= 11 is 0. The summed E-state index contributed by atoms with van der Waals surface area (Å²) in [5.74, 6) is 1.08. The van der Waals surface area contributed by atoms with Crippen molar-refractivity contribution >= 4 is 5.82 Å². The lowest BCUT2D eigenvalue weighted by atomic mass is 10.2. The molecule has 1 rings (SSSR count). The first-order valence-corrected chi connectivity index (χ1v) is 5.52. The molecule has 1 heterocycles. The van der Waals surface area contributed by atoms with Crippen LogP contribution in [0.5, 0.6) is 0 Å². The number of hydrogen-bond acceptors (Lipinski definition) is 3. The van der Waals surface area contributed by atoms with Crippen LogP contribution < -0.4 is 10.2 Å². The normalized spacial score (nSPS) is 12.5. The predicted molar refractivity (Wildman–Crippen MR) is 65.2 cm³/mol. The SMILES string of the molecule is CCC(C)N(C)c1ncccc1CNC. The van der Waals surface area contributed by atoms with Gasteiger partial charge in [-0.2, -0.15) is 0 Å². The summed E-state index contributed by atoms with van der Waals surface area (Å²) < 4.78 is 0. The monoisotopic (exact) mass is 207 g/mol. The van der Waals surface area contributed by atoms with Crippen molar-refractivity contribution in [2.24, 2.45) is 0 Å². The molecule has 1 N–H and O–H groups in total. The number of hydrogen-bond donors (Lipinski definition) is 1. The van der Waals surface area contributed by atoms with Gasteiger partial charge < -0.3 is 10.2 Å². The number of nitrogens with one attached hydrogen (secondary N) is 1. The third-order valence-corrected chi connectivity index (χ3v) is 2.82. The van der Waals surface area contributed by atoms with E-state index in [1.807, 2.05) is 19.3 Å². The van der Waals surface area contributed by atoms with Crippen molar-refractivity contribution in [1.29, 1.82) is 0 Å². The van der Waals surface area contributed by atoms with Crippen molar-refractivity contribution < 1.29 is 0 Å². The fourth-order valence-electron chi connectivity index (χ4n) is 1.56. The van der Waals surface area contributed by atoms with Crippen LogP contribution in [0.3, 0.4) is 0 Å². The molecule has 1 aromatic heterocycles. The van der Waals surface area contributed by atoms with Crippen LogP contribution in [0.4, 0.5) is 5.82 Å². The van der Waals surface area contributed by atoms with Gasteiger partial charge in [0.05, 0.1) is 0 Å². The Balaban J connectivity index is 2.91. The Bertz CT molecular complexity index is 299. The second-order valence-electron chi connectivity index (χ2n) is 3.88. The van der Waals surface area contributed by atoms with Crippen molar-refractivity contribution in [3.8, 4) is 0 Å². The molecule has 0 aliphatic heterocycles. The van der Waals surface area contributed by atoms with Gasteiger partial charge in [-0.05, 0) is 26.5 Å². The molecule has 1 aromatic rings. The molecule has 84 valence electrons. The zero-order valence-corrected chi connectivity index (χ0v) is 10.1. The number of pyridine rings is 1. The van der Waals surface area contributed by atoms with E-state index in [9.17, 15) is 0 Å². The highest BCUT2D eigenvalue weighted by Crippen LogP contribution is 2.18. The molecule has 15 heavy (non-hydrogen) atoms. The summed E-state index contributed by atoms with van der Waals surface area (Å²) in [5, 5.41) is 3.17. The molecule has 0 fully saturated rings. The first-order chi connectivity index (χ1) is 7.20. The molecular weight excluding hydrogens is 186 g/mol. The third kappa shape index (κ3) is 2.93. The van der Waals surface area contributed by atoms with E-state index in [0.29, 0.717) is 6.04 Å². The highest BCUT2D eigenvalue weighted by atomic mass is 15.2. The minimum absolute atomic E-state index is 0.524. The molecule has 0 saturated heterocycles. The van der Waals surface area contributed by atoms with Crippen LogP contribution in [0, 0.1) is 0 Å². The summed E-state index contributed by atoms with van der Waals surface area (Å²) in [5.41, 5.74) is 1.25. The maximum atomic E-state index is 4.45. The van der Waals surface area contributed by atoms with Gasteiger partial charge in [0.25, 0.3) is 0 Å². The molecule has 0 bridgehead atoms. The van der Waals surface area contributed by atoms with Crippen molar-refractivity contribution in [3.05, 3.63) is 23.9 Å². The summed E-state index contributed by atoms with van der Waals surface area (Å²) in [6.45, 7) is 5.28. The number of aromatic nitrogens is 1. The minimum atomic E-state index is 0.524. The minimum Gasteiger partial charge on any atom is -0.357 e.